The Hall–Kier alpha value is -1.36. The molecule has 0 saturated heterocycles. The van der Waals surface area contributed by atoms with E-state index in [0.717, 1.165) is 49.1 Å². The Morgan fingerprint density at radius 3 is 2.34 bits per heavy atom. The number of aryl methyl sites for hydroxylation is 1. The predicted molar refractivity (Wildman–Crippen MR) is 122 cm³/mol. The highest BCUT2D eigenvalue weighted by Gasteiger charge is 2.41. The predicted octanol–water partition coefficient (Wildman–Crippen LogP) is 6.47. The molecule has 29 heavy (non-hydrogen) atoms. The summed E-state index contributed by atoms with van der Waals surface area (Å²) in [5, 5.41) is 0. The molecule has 0 aliphatic heterocycles. The molecule has 0 aromatic carbocycles. The van der Waals surface area contributed by atoms with Crippen molar-refractivity contribution in [3.05, 3.63) is 15.8 Å². The third kappa shape index (κ3) is 5.84. The quantitative estimate of drug-likeness (QED) is 0.494. The summed E-state index contributed by atoms with van der Waals surface area (Å²) in [7, 11) is 1.41. The number of hydrogen-bond acceptors (Lipinski definition) is 4. The van der Waals surface area contributed by atoms with Gasteiger partial charge in [0.25, 0.3) is 0 Å². The van der Waals surface area contributed by atoms with Gasteiger partial charge in [0, 0.05) is 16.3 Å². The molecule has 1 aromatic heterocycles. The van der Waals surface area contributed by atoms with Crippen LogP contribution >= 0.6 is 11.3 Å². The van der Waals surface area contributed by atoms with E-state index in [-0.39, 0.29) is 28.7 Å². The van der Waals surface area contributed by atoms with Crippen molar-refractivity contribution in [1.82, 2.24) is 0 Å². The molecule has 164 valence electrons. The lowest BCUT2D eigenvalue weighted by atomic mass is 9.71. The second kappa shape index (κ2) is 9.20. The number of thiophene rings is 1. The third-order valence-corrected chi connectivity index (χ3v) is 7.31. The van der Waals surface area contributed by atoms with Crippen LogP contribution in [-0.2, 0) is 16.0 Å². The van der Waals surface area contributed by atoms with Crippen LogP contribution in [0.4, 0.5) is 5.69 Å². The van der Waals surface area contributed by atoms with E-state index in [1.807, 2.05) is 18.7 Å². The summed E-state index contributed by atoms with van der Waals surface area (Å²) in [5.74, 6) is 0.469. The maximum Gasteiger partial charge on any atom is 0.350 e. The SMILES string of the molecule is COC(=O)c1sc(CCC(C)(C)C)cc1N(C(=O)C1(C)CCC(C)CC1)C(C)C. The van der Waals surface area contributed by atoms with Crippen molar-refractivity contribution in [2.45, 2.75) is 93.0 Å². The van der Waals surface area contributed by atoms with Gasteiger partial charge >= 0.3 is 5.97 Å². The van der Waals surface area contributed by atoms with Gasteiger partial charge in [0.1, 0.15) is 4.88 Å². The number of amides is 1. The van der Waals surface area contributed by atoms with E-state index in [1.54, 1.807) is 0 Å². The Bertz CT molecular complexity index is 721. The first kappa shape index (κ1) is 23.9. The molecule has 1 amide bonds. The molecule has 0 unspecified atom stereocenters. The zero-order valence-electron chi connectivity index (χ0n) is 19.6. The average Bonchev–Trinajstić information content (AvgIpc) is 3.05. The molecule has 0 spiro atoms. The minimum Gasteiger partial charge on any atom is -0.465 e. The van der Waals surface area contributed by atoms with Crippen molar-refractivity contribution in [3.63, 3.8) is 0 Å². The zero-order chi connectivity index (χ0) is 22.0. The highest BCUT2D eigenvalue weighted by molar-refractivity contribution is 7.14. The van der Waals surface area contributed by atoms with Crippen LogP contribution in [0.3, 0.4) is 0 Å². The van der Waals surface area contributed by atoms with Crippen LogP contribution in [0.1, 0.15) is 95.1 Å². The van der Waals surface area contributed by atoms with Gasteiger partial charge in [-0.15, -0.1) is 11.3 Å². The van der Waals surface area contributed by atoms with Gasteiger partial charge in [0.05, 0.1) is 12.8 Å². The van der Waals surface area contributed by atoms with Crippen LogP contribution in [0.5, 0.6) is 0 Å². The minimum atomic E-state index is -0.363. The largest absolute Gasteiger partial charge is 0.465 e. The van der Waals surface area contributed by atoms with Crippen molar-refractivity contribution >= 4 is 28.9 Å². The number of ether oxygens (including phenoxy) is 1. The molecule has 1 aromatic rings. The first-order valence-corrected chi connectivity index (χ1v) is 11.7. The molecule has 1 aliphatic carbocycles. The van der Waals surface area contributed by atoms with E-state index in [0.29, 0.717) is 10.8 Å². The lowest BCUT2D eigenvalue weighted by molar-refractivity contribution is -0.129. The summed E-state index contributed by atoms with van der Waals surface area (Å²) < 4.78 is 5.06. The Kier molecular flexibility index (Phi) is 7.58. The number of anilines is 1. The van der Waals surface area contributed by atoms with E-state index in [9.17, 15) is 9.59 Å². The zero-order valence-corrected chi connectivity index (χ0v) is 20.4. The van der Waals surface area contributed by atoms with Gasteiger partial charge in [-0.25, -0.2) is 4.79 Å². The van der Waals surface area contributed by atoms with E-state index >= 15 is 0 Å². The van der Waals surface area contributed by atoms with Crippen LogP contribution in [0.15, 0.2) is 6.07 Å². The molecule has 1 aliphatic rings. The first-order chi connectivity index (χ1) is 13.4. The smallest absolute Gasteiger partial charge is 0.350 e. The number of esters is 1. The van der Waals surface area contributed by atoms with Crippen LogP contribution in [0.25, 0.3) is 0 Å². The minimum absolute atomic E-state index is 0.0212. The molecule has 1 fully saturated rings. The van der Waals surface area contributed by atoms with Crippen LogP contribution < -0.4 is 4.90 Å². The molecule has 0 radical (unpaired) electrons. The molecule has 2 rings (SSSR count). The summed E-state index contributed by atoms with van der Waals surface area (Å²) in [6.45, 7) is 15.1. The van der Waals surface area contributed by atoms with Crippen LogP contribution in [0.2, 0.25) is 0 Å². The monoisotopic (exact) mass is 421 g/mol. The normalized spacial score (nSPS) is 22.6. The number of carbonyl (C=O) groups is 2. The maximum atomic E-state index is 13.7. The van der Waals surface area contributed by atoms with E-state index in [1.165, 1.54) is 18.4 Å². The molecule has 0 N–H and O–H groups in total. The molecule has 0 atom stereocenters. The van der Waals surface area contributed by atoms with E-state index in [4.69, 9.17) is 4.74 Å². The van der Waals surface area contributed by atoms with Crippen molar-refractivity contribution in [3.8, 4) is 0 Å². The van der Waals surface area contributed by atoms with E-state index < -0.39 is 0 Å². The number of rotatable bonds is 6. The van der Waals surface area contributed by atoms with Gasteiger partial charge in [-0.1, -0.05) is 34.6 Å². The highest BCUT2D eigenvalue weighted by Crippen LogP contribution is 2.43. The summed E-state index contributed by atoms with van der Waals surface area (Å²) in [6, 6.07) is 2.03. The van der Waals surface area contributed by atoms with Gasteiger partial charge in [0.2, 0.25) is 5.91 Å². The van der Waals surface area contributed by atoms with Gasteiger partial charge in [-0.2, -0.15) is 0 Å². The van der Waals surface area contributed by atoms with Gasteiger partial charge in [-0.3, -0.25) is 4.79 Å². The number of methoxy groups -OCH3 is 1. The average molecular weight is 422 g/mol. The standard InChI is InChI=1S/C24H39NO3S/c1-16(2)25(22(27)24(7)13-9-17(3)10-14-24)19-15-18(11-12-23(4,5)6)29-20(19)21(26)28-8/h15-17H,9-14H2,1-8H3. The summed E-state index contributed by atoms with van der Waals surface area (Å²) in [6.07, 6.45) is 5.90. The number of hydrogen-bond donors (Lipinski definition) is 0. The lowest BCUT2D eigenvalue weighted by Gasteiger charge is -2.40. The van der Waals surface area contributed by atoms with Crippen molar-refractivity contribution in [1.29, 1.82) is 0 Å². The molecule has 1 saturated carbocycles. The highest BCUT2D eigenvalue weighted by atomic mass is 32.1. The van der Waals surface area contributed by atoms with Crippen LogP contribution in [0, 0.1) is 16.7 Å². The maximum absolute atomic E-state index is 13.7. The fraction of sp³-hybridized carbons (Fsp3) is 0.750. The second-order valence-corrected chi connectivity index (χ2v) is 11.6. The molecular weight excluding hydrogens is 382 g/mol. The number of carbonyl (C=O) groups excluding carboxylic acids is 2. The van der Waals surface area contributed by atoms with Crippen molar-refractivity contribution < 1.29 is 14.3 Å². The van der Waals surface area contributed by atoms with Gasteiger partial charge < -0.3 is 9.64 Å². The molecule has 5 heteroatoms. The Morgan fingerprint density at radius 1 is 1.28 bits per heavy atom. The molecular formula is C24H39NO3S. The lowest BCUT2D eigenvalue weighted by Crippen LogP contribution is -2.47. The Balaban J connectivity index is 2.41. The topological polar surface area (TPSA) is 46.6 Å². The van der Waals surface area contributed by atoms with E-state index in [2.05, 4.69) is 40.7 Å². The fourth-order valence-electron chi connectivity index (χ4n) is 4.00. The third-order valence-electron chi connectivity index (χ3n) is 6.14. The van der Waals surface area contributed by atoms with Crippen molar-refractivity contribution in [2.24, 2.45) is 16.7 Å². The fourth-order valence-corrected chi connectivity index (χ4v) is 5.06. The first-order valence-electron chi connectivity index (χ1n) is 10.9. The molecule has 4 nitrogen and oxygen atoms in total. The Labute approximate surface area is 181 Å². The van der Waals surface area contributed by atoms with Gasteiger partial charge in [0.15, 0.2) is 0 Å². The summed E-state index contributed by atoms with van der Waals surface area (Å²) >= 11 is 1.47. The Morgan fingerprint density at radius 2 is 1.86 bits per heavy atom. The summed E-state index contributed by atoms with van der Waals surface area (Å²) in [4.78, 5) is 29.8. The number of nitrogens with zero attached hydrogens (tertiary/aromatic N) is 1. The van der Waals surface area contributed by atoms with Crippen molar-refractivity contribution in [2.75, 3.05) is 12.0 Å². The molecule has 1 heterocycles. The molecule has 0 bridgehead atoms. The second-order valence-electron chi connectivity index (χ2n) is 10.5. The van der Waals surface area contributed by atoms with Gasteiger partial charge in [-0.05, 0) is 69.8 Å². The summed E-state index contributed by atoms with van der Waals surface area (Å²) in [5.41, 5.74) is 0.582. The van der Waals surface area contributed by atoms with Crippen LogP contribution in [-0.4, -0.2) is 25.0 Å².